The van der Waals surface area contributed by atoms with Crippen molar-refractivity contribution in [2.45, 2.75) is 57.4 Å². The lowest BCUT2D eigenvalue weighted by Gasteiger charge is -2.35. The van der Waals surface area contributed by atoms with Crippen molar-refractivity contribution in [2.75, 3.05) is 66.6 Å². The zero-order valence-corrected chi connectivity index (χ0v) is 34.4. The molecular weight excluding hydrogens is 892 g/mol. The monoisotopic (exact) mass is 942 g/mol. The van der Waals surface area contributed by atoms with Crippen LogP contribution < -0.4 is 14.8 Å². The first-order valence-corrected chi connectivity index (χ1v) is 19.5. The van der Waals surface area contributed by atoms with Crippen molar-refractivity contribution in [1.82, 2.24) is 20.0 Å². The molecule has 1 amide bonds. The van der Waals surface area contributed by atoms with Crippen LogP contribution >= 0.6 is 0 Å². The number of amides is 1. The summed E-state index contributed by atoms with van der Waals surface area (Å²) in [5.41, 5.74) is 6.54. The number of halogens is 12. The van der Waals surface area contributed by atoms with Crippen LogP contribution in [-0.2, 0) is 17.8 Å². The molecule has 0 aliphatic carbocycles. The third-order valence-electron chi connectivity index (χ3n) is 9.85. The van der Waals surface area contributed by atoms with Crippen LogP contribution in [0.25, 0.3) is 22.3 Å². The Morgan fingerprint density at radius 2 is 0.954 bits per heavy atom. The summed E-state index contributed by atoms with van der Waals surface area (Å²) in [4.78, 5) is 17.1. The Labute approximate surface area is 368 Å². The van der Waals surface area contributed by atoms with Gasteiger partial charge in [-0.3, -0.25) is 9.80 Å². The highest BCUT2D eigenvalue weighted by molar-refractivity contribution is 5.68. The van der Waals surface area contributed by atoms with Crippen LogP contribution in [0.3, 0.4) is 0 Å². The minimum atomic E-state index is -5.74. The van der Waals surface area contributed by atoms with Crippen LogP contribution in [0.4, 0.5) is 57.5 Å². The van der Waals surface area contributed by atoms with Crippen molar-refractivity contribution in [3.63, 3.8) is 0 Å². The highest BCUT2D eigenvalue weighted by atomic mass is 19.4. The fourth-order valence-electron chi connectivity index (χ4n) is 6.49. The number of ether oxygens (including phenoxy) is 3. The van der Waals surface area contributed by atoms with Gasteiger partial charge in [-0.1, -0.05) is 92.4 Å². The van der Waals surface area contributed by atoms with Crippen molar-refractivity contribution < 1.29 is 76.8 Å². The van der Waals surface area contributed by atoms with Gasteiger partial charge in [-0.2, -0.15) is 52.7 Å². The molecule has 0 spiro atoms. The molecule has 9 nitrogen and oxygen atoms in total. The Bertz CT molecular complexity index is 2010. The van der Waals surface area contributed by atoms with Gasteiger partial charge in [0.25, 0.3) is 6.10 Å². The van der Waals surface area contributed by atoms with Crippen molar-refractivity contribution >= 4 is 6.09 Å². The third-order valence-corrected chi connectivity index (χ3v) is 9.85. The minimum Gasteiger partial charge on any atom is -0.496 e. The largest absolute Gasteiger partial charge is 0.496 e. The number of nitrogens with one attached hydrogen (secondary N) is 1. The van der Waals surface area contributed by atoms with Crippen molar-refractivity contribution in [3.05, 3.63) is 108 Å². The van der Waals surface area contributed by atoms with Gasteiger partial charge in [0.05, 0.1) is 14.2 Å². The highest BCUT2D eigenvalue weighted by Gasteiger charge is 2.60. The molecular formula is C44H50F12N4O5. The number of nitrogens with zero attached hydrogens (tertiary/aromatic N) is 3. The molecule has 2 aliphatic heterocycles. The summed E-state index contributed by atoms with van der Waals surface area (Å²) in [7, 11) is 3.30. The summed E-state index contributed by atoms with van der Waals surface area (Å²) in [6.07, 6.45) is -32.8. The molecule has 360 valence electrons. The van der Waals surface area contributed by atoms with Crippen LogP contribution in [0.2, 0.25) is 0 Å². The van der Waals surface area contributed by atoms with Crippen LogP contribution in [0.1, 0.15) is 18.6 Å². The Kier molecular flexibility index (Phi) is 19.8. The predicted octanol–water partition coefficient (Wildman–Crippen LogP) is 9.98. The number of aliphatic hydroxyl groups excluding tert-OH is 1. The first-order valence-electron chi connectivity index (χ1n) is 19.5. The van der Waals surface area contributed by atoms with Gasteiger partial charge in [0.1, 0.15) is 11.5 Å². The highest BCUT2D eigenvalue weighted by Crippen LogP contribution is 2.37. The first kappa shape index (κ1) is 54.1. The van der Waals surface area contributed by atoms with Gasteiger partial charge in [0.2, 0.25) is 6.10 Å². The number of carbonyl (C=O) groups is 1. The first-order chi connectivity index (χ1) is 30.0. The van der Waals surface area contributed by atoms with Gasteiger partial charge in [-0.05, 0) is 34.4 Å². The van der Waals surface area contributed by atoms with Crippen LogP contribution in [0.5, 0.6) is 11.5 Å². The molecule has 6 rings (SSSR count). The molecule has 0 aromatic heterocycles. The number of benzene rings is 4. The summed E-state index contributed by atoms with van der Waals surface area (Å²) in [6.45, 7) is 6.12. The minimum absolute atomic E-state index is 0. The van der Waals surface area contributed by atoms with E-state index >= 15 is 0 Å². The number of aliphatic hydroxyl groups is 1. The van der Waals surface area contributed by atoms with Gasteiger partial charge in [0, 0.05) is 76.6 Å². The number of piperazine rings is 2. The summed E-state index contributed by atoms with van der Waals surface area (Å²) < 4.78 is 156. The fraction of sp³-hybridized carbons (Fsp3) is 0.432. The van der Waals surface area contributed by atoms with Gasteiger partial charge < -0.3 is 29.5 Å². The Morgan fingerprint density at radius 3 is 1.29 bits per heavy atom. The normalized spacial score (nSPS) is 15.2. The Hall–Kier alpha value is -5.25. The van der Waals surface area contributed by atoms with Crippen molar-refractivity contribution in [3.8, 4) is 33.8 Å². The lowest BCUT2D eigenvalue weighted by atomic mass is 10.0. The summed E-state index contributed by atoms with van der Waals surface area (Å²) in [5, 5.41) is 10.9. The fourth-order valence-corrected chi connectivity index (χ4v) is 6.49. The smallest absolute Gasteiger partial charge is 0.434 e. The molecule has 2 N–H and O–H groups in total. The van der Waals surface area contributed by atoms with Crippen molar-refractivity contribution in [2.24, 2.45) is 0 Å². The molecule has 2 heterocycles. The molecule has 21 heteroatoms. The van der Waals surface area contributed by atoms with Crippen LogP contribution in [-0.4, -0.2) is 129 Å². The van der Waals surface area contributed by atoms with Crippen LogP contribution in [0.15, 0.2) is 97.1 Å². The summed E-state index contributed by atoms with van der Waals surface area (Å²) in [5.74, 6) is 1.63. The second-order valence-corrected chi connectivity index (χ2v) is 14.4. The van der Waals surface area contributed by atoms with E-state index in [0.29, 0.717) is 12.3 Å². The standard InChI is InChI=1S/C22H22F6N2O3.C18H22N2O.C3H2F6O.CH4/c1-32-18-13-16(15-5-3-2-4-6-15)7-8-17(18)14-29-9-11-30(12-10-29)20(31)33-19(21(23,24)25)22(26,27)28;1-21-18-13-16(15-5-3-2-4-6-15)7-8-17(18)14-20-11-9-19-10-12-20;4-2(5,6)1(10)3(7,8)9;/h2-8,13,19H,9-12,14H2,1H3;2-8,13,19H,9-12,14H2,1H3;1,10H;1H4. The maximum absolute atomic E-state index is 12.6. The topological polar surface area (TPSA) is 86.7 Å². The number of rotatable bonds is 9. The zero-order valence-electron chi connectivity index (χ0n) is 34.4. The molecule has 4 aromatic carbocycles. The molecule has 2 fully saturated rings. The molecule has 0 unspecified atom stereocenters. The molecule has 0 saturated carbocycles. The average molecular weight is 943 g/mol. The predicted molar refractivity (Wildman–Crippen MR) is 219 cm³/mol. The van der Waals surface area contributed by atoms with E-state index in [0.717, 1.165) is 60.1 Å². The van der Waals surface area contributed by atoms with Gasteiger partial charge >= 0.3 is 30.8 Å². The summed E-state index contributed by atoms with van der Waals surface area (Å²) in [6, 6.07) is 32.4. The Morgan fingerprint density at radius 1 is 0.569 bits per heavy atom. The van der Waals surface area contributed by atoms with E-state index in [-0.39, 0.29) is 33.6 Å². The second-order valence-electron chi connectivity index (χ2n) is 14.4. The number of carbonyl (C=O) groups excluding carboxylic acids is 1. The molecule has 0 radical (unpaired) electrons. The molecule has 65 heavy (non-hydrogen) atoms. The number of hydrogen-bond donors (Lipinski definition) is 2. The summed E-state index contributed by atoms with van der Waals surface area (Å²) >= 11 is 0. The maximum Gasteiger partial charge on any atom is 0.434 e. The molecule has 2 aliphatic rings. The van der Waals surface area contributed by atoms with E-state index in [1.807, 2.05) is 59.5 Å². The number of methoxy groups -OCH3 is 2. The zero-order chi connectivity index (χ0) is 47.3. The van der Waals surface area contributed by atoms with Crippen molar-refractivity contribution in [1.29, 1.82) is 0 Å². The molecule has 4 aromatic rings. The van der Waals surface area contributed by atoms with E-state index in [1.54, 1.807) is 14.2 Å². The lowest BCUT2D eigenvalue weighted by molar-refractivity contribution is -0.309. The van der Waals surface area contributed by atoms with Gasteiger partial charge in [0.15, 0.2) is 0 Å². The maximum atomic E-state index is 12.6. The van der Waals surface area contributed by atoms with Gasteiger partial charge in [-0.15, -0.1) is 0 Å². The van der Waals surface area contributed by atoms with E-state index in [4.69, 9.17) is 14.6 Å². The third kappa shape index (κ3) is 16.6. The SMILES string of the molecule is C.COc1cc(-c2ccccc2)ccc1CN1CCN(C(=O)OC(C(F)(F)F)C(F)(F)F)CC1.COc1cc(-c2ccccc2)ccc1CN1CCNCC1.OC(C(F)(F)F)C(F)(F)F. The van der Waals surface area contributed by atoms with E-state index in [9.17, 15) is 57.5 Å². The molecule has 2 saturated heterocycles. The molecule has 0 bridgehead atoms. The van der Waals surface area contributed by atoms with E-state index < -0.39 is 43.0 Å². The van der Waals surface area contributed by atoms with E-state index in [1.165, 1.54) is 16.7 Å². The van der Waals surface area contributed by atoms with E-state index in [2.05, 4.69) is 57.4 Å². The number of alkyl halides is 12. The second kappa shape index (κ2) is 23.8. The molecule has 0 atom stereocenters. The lowest BCUT2D eigenvalue weighted by Crippen LogP contribution is -2.52. The van der Waals surface area contributed by atoms with Crippen LogP contribution in [0, 0.1) is 0 Å². The quantitative estimate of drug-likeness (QED) is 0.161. The average Bonchev–Trinajstić information content (AvgIpc) is 3.25. The number of hydrogen-bond acceptors (Lipinski definition) is 8. The van der Waals surface area contributed by atoms with Gasteiger partial charge in [-0.25, -0.2) is 4.79 Å². The Balaban J connectivity index is 0.000000298.